The van der Waals surface area contributed by atoms with Crippen LogP contribution in [0.3, 0.4) is 0 Å². The largest absolute Gasteiger partial charge is 0.303 e. The van der Waals surface area contributed by atoms with Crippen molar-refractivity contribution in [2.24, 2.45) is 7.05 Å². The molecule has 2 aromatic rings. The Kier molecular flexibility index (Phi) is 3.69. The lowest BCUT2D eigenvalue weighted by molar-refractivity contribution is 0.463. The minimum absolute atomic E-state index is 0.318. The van der Waals surface area contributed by atoms with Crippen molar-refractivity contribution in [3.8, 4) is 0 Å². The molecule has 3 nitrogen and oxygen atoms in total. The fourth-order valence-electron chi connectivity index (χ4n) is 3.12. The number of nitrogens with one attached hydrogen (secondary N) is 1. The molecule has 1 aliphatic rings. The van der Waals surface area contributed by atoms with Gasteiger partial charge in [-0.3, -0.25) is 4.68 Å². The second-order valence-electron chi connectivity index (χ2n) is 5.60. The number of nitrogens with zero attached hydrogens (tertiary/aromatic N) is 2. The van der Waals surface area contributed by atoms with Crippen molar-refractivity contribution in [3.63, 3.8) is 0 Å². The maximum atomic E-state index is 4.34. The van der Waals surface area contributed by atoms with Crippen molar-refractivity contribution in [2.75, 3.05) is 0 Å². The van der Waals surface area contributed by atoms with Crippen LogP contribution in [-0.4, -0.2) is 9.78 Å². The molecule has 1 aromatic heterocycles. The van der Waals surface area contributed by atoms with Gasteiger partial charge in [-0.25, -0.2) is 0 Å². The Labute approximate surface area is 128 Å². The zero-order valence-corrected chi connectivity index (χ0v) is 13.7. The summed E-state index contributed by atoms with van der Waals surface area (Å²) in [6, 6.07) is 7.27. The zero-order valence-electron chi connectivity index (χ0n) is 12.2. The lowest BCUT2D eigenvalue weighted by Gasteiger charge is -2.20. The highest BCUT2D eigenvalue weighted by Gasteiger charge is 2.26. The molecule has 1 heterocycles. The highest BCUT2D eigenvalue weighted by molar-refractivity contribution is 9.10. The Balaban J connectivity index is 1.81. The van der Waals surface area contributed by atoms with E-state index >= 15 is 0 Å². The molecule has 2 unspecified atom stereocenters. The predicted molar refractivity (Wildman–Crippen MR) is 84.7 cm³/mol. The van der Waals surface area contributed by atoms with E-state index in [-0.39, 0.29) is 0 Å². The van der Waals surface area contributed by atoms with Crippen LogP contribution >= 0.6 is 15.9 Å². The smallest absolute Gasteiger partial charge is 0.0540 e. The number of hydrogen-bond donors (Lipinski definition) is 1. The second kappa shape index (κ2) is 5.34. The van der Waals surface area contributed by atoms with E-state index in [0.29, 0.717) is 12.1 Å². The van der Waals surface area contributed by atoms with Gasteiger partial charge in [0.15, 0.2) is 0 Å². The van der Waals surface area contributed by atoms with E-state index in [1.165, 1.54) is 33.3 Å². The van der Waals surface area contributed by atoms with Crippen LogP contribution in [0.5, 0.6) is 0 Å². The van der Waals surface area contributed by atoms with Crippen LogP contribution in [0.1, 0.15) is 47.8 Å². The van der Waals surface area contributed by atoms with Crippen LogP contribution < -0.4 is 5.32 Å². The number of fused-ring (bicyclic) bond motifs is 1. The van der Waals surface area contributed by atoms with Gasteiger partial charge in [0.2, 0.25) is 0 Å². The molecule has 1 N–H and O–H groups in total. The van der Waals surface area contributed by atoms with Gasteiger partial charge in [0, 0.05) is 34.9 Å². The molecule has 106 valence electrons. The number of aryl methyl sites for hydroxylation is 1. The molecule has 0 fully saturated rings. The minimum atomic E-state index is 0.318. The Hall–Kier alpha value is -1.13. The third kappa shape index (κ3) is 2.31. The first-order chi connectivity index (χ1) is 9.58. The van der Waals surface area contributed by atoms with E-state index in [1.54, 1.807) is 0 Å². The van der Waals surface area contributed by atoms with Crippen LogP contribution in [0, 0.1) is 6.92 Å². The summed E-state index contributed by atoms with van der Waals surface area (Å²) >= 11 is 3.66. The summed E-state index contributed by atoms with van der Waals surface area (Å²) in [6.07, 6.45) is 4.29. The normalized spacial score (nSPS) is 19.1. The summed E-state index contributed by atoms with van der Waals surface area (Å²) in [7, 11) is 1.99. The molecule has 0 spiro atoms. The molecule has 1 aliphatic carbocycles. The molecule has 4 heteroatoms. The Morgan fingerprint density at radius 3 is 2.95 bits per heavy atom. The summed E-state index contributed by atoms with van der Waals surface area (Å²) in [4.78, 5) is 0. The zero-order chi connectivity index (χ0) is 14.3. The van der Waals surface area contributed by atoms with Gasteiger partial charge in [-0.2, -0.15) is 5.10 Å². The van der Waals surface area contributed by atoms with Gasteiger partial charge in [-0.05, 0) is 43.9 Å². The van der Waals surface area contributed by atoms with Gasteiger partial charge in [0.1, 0.15) is 0 Å². The molecule has 0 radical (unpaired) electrons. The quantitative estimate of drug-likeness (QED) is 0.925. The van der Waals surface area contributed by atoms with E-state index in [4.69, 9.17) is 0 Å². The average Bonchev–Trinajstić information content (AvgIpc) is 2.97. The molecule has 0 saturated carbocycles. The number of aromatic nitrogens is 2. The van der Waals surface area contributed by atoms with E-state index in [9.17, 15) is 0 Å². The van der Waals surface area contributed by atoms with E-state index < -0.39 is 0 Å². The third-order valence-electron chi connectivity index (χ3n) is 4.40. The lowest BCUT2D eigenvalue weighted by atomic mass is 10.0. The first-order valence-corrected chi connectivity index (χ1v) is 7.89. The summed E-state index contributed by atoms with van der Waals surface area (Å²) in [5.41, 5.74) is 5.42. The molecule has 0 bridgehead atoms. The predicted octanol–water partition coefficient (Wildman–Crippen LogP) is 3.83. The monoisotopic (exact) mass is 333 g/mol. The first kappa shape index (κ1) is 13.8. The SMILES string of the molecule is Cc1c(C(C)NC2CCc3c(Br)cccc32)cnn1C. The van der Waals surface area contributed by atoms with Crippen molar-refractivity contribution in [1.29, 1.82) is 0 Å². The maximum absolute atomic E-state index is 4.34. The first-order valence-electron chi connectivity index (χ1n) is 7.09. The van der Waals surface area contributed by atoms with Gasteiger partial charge >= 0.3 is 0 Å². The fourth-order valence-corrected chi connectivity index (χ4v) is 3.69. The van der Waals surface area contributed by atoms with Gasteiger partial charge < -0.3 is 5.32 Å². The van der Waals surface area contributed by atoms with Crippen LogP contribution in [0.4, 0.5) is 0 Å². The standard InChI is InChI=1S/C16H20BrN3/c1-10(14-9-18-20(3)11(14)2)19-16-8-7-12-13(16)5-4-6-15(12)17/h4-6,9-10,16,19H,7-8H2,1-3H3. The molecule has 1 aromatic carbocycles. The van der Waals surface area contributed by atoms with Crippen molar-refractivity contribution in [3.05, 3.63) is 51.3 Å². The van der Waals surface area contributed by atoms with E-state index in [1.807, 2.05) is 17.9 Å². The summed E-state index contributed by atoms with van der Waals surface area (Å²) < 4.78 is 3.18. The number of rotatable bonds is 3. The van der Waals surface area contributed by atoms with Crippen LogP contribution in [0.25, 0.3) is 0 Å². The van der Waals surface area contributed by atoms with Crippen LogP contribution in [-0.2, 0) is 13.5 Å². The fraction of sp³-hybridized carbons (Fsp3) is 0.438. The van der Waals surface area contributed by atoms with Gasteiger partial charge in [-0.15, -0.1) is 0 Å². The molecule has 0 saturated heterocycles. The molecule has 0 aliphatic heterocycles. The van der Waals surface area contributed by atoms with Crippen molar-refractivity contribution in [2.45, 2.75) is 38.8 Å². The molecular weight excluding hydrogens is 314 g/mol. The summed E-state index contributed by atoms with van der Waals surface area (Å²) in [5.74, 6) is 0. The van der Waals surface area contributed by atoms with Gasteiger partial charge in [0.05, 0.1) is 6.20 Å². The highest BCUT2D eigenvalue weighted by atomic mass is 79.9. The Bertz CT molecular complexity index is 633. The number of hydrogen-bond acceptors (Lipinski definition) is 2. The van der Waals surface area contributed by atoms with Crippen LogP contribution in [0.15, 0.2) is 28.9 Å². The highest BCUT2D eigenvalue weighted by Crippen LogP contribution is 2.37. The molecule has 20 heavy (non-hydrogen) atoms. The van der Waals surface area contributed by atoms with Gasteiger partial charge in [0.25, 0.3) is 0 Å². The number of halogens is 1. The Morgan fingerprint density at radius 1 is 1.45 bits per heavy atom. The van der Waals surface area contributed by atoms with Crippen molar-refractivity contribution in [1.82, 2.24) is 15.1 Å². The molecule has 2 atom stereocenters. The van der Waals surface area contributed by atoms with E-state index in [0.717, 1.165) is 6.42 Å². The second-order valence-corrected chi connectivity index (χ2v) is 6.45. The summed E-state index contributed by atoms with van der Waals surface area (Å²) in [6.45, 7) is 4.35. The maximum Gasteiger partial charge on any atom is 0.0540 e. The summed E-state index contributed by atoms with van der Waals surface area (Å²) in [5, 5.41) is 8.10. The lowest BCUT2D eigenvalue weighted by Crippen LogP contribution is -2.23. The Morgan fingerprint density at radius 2 is 2.25 bits per heavy atom. The topological polar surface area (TPSA) is 29.9 Å². The molecule has 0 amide bonds. The number of benzene rings is 1. The van der Waals surface area contributed by atoms with E-state index in [2.05, 4.69) is 58.4 Å². The van der Waals surface area contributed by atoms with Crippen LogP contribution in [0.2, 0.25) is 0 Å². The average molecular weight is 334 g/mol. The molecule has 3 rings (SSSR count). The van der Waals surface area contributed by atoms with Crippen molar-refractivity contribution >= 4 is 15.9 Å². The third-order valence-corrected chi connectivity index (χ3v) is 5.15. The minimum Gasteiger partial charge on any atom is -0.303 e. The van der Waals surface area contributed by atoms with Crippen molar-refractivity contribution < 1.29 is 0 Å². The molecular formula is C16H20BrN3. The van der Waals surface area contributed by atoms with Gasteiger partial charge in [-0.1, -0.05) is 28.1 Å².